The molecule has 0 unspecified atom stereocenters. The van der Waals surface area contributed by atoms with Gasteiger partial charge in [0.1, 0.15) is 16.9 Å². The number of aromatic nitrogens is 1. The highest BCUT2D eigenvalue weighted by molar-refractivity contribution is 5.98. The van der Waals surface area contributed by atoms with Gasteiger partial charge in [0, 0.05) is 13.1 Å². The van der Waals surface area contributed by atoms with Gasteiger partial charge >= 0.3 is 5.97 Å². The second kappa shape index (κ2) is 5.59. The van der Waals surface area contributed by atoms with Crippen molar-refractivity contribution in [1.29, 1.82) is 0 Å². The molecule has 7 nitrogen and oxygen atoms in total. The Morgan fingerprint density at radius 3 is 2.95 bits per heavy atom. The van der Waals surface area contributed by atoms with Gasteiger partial charge in [-0.15, -0.1) is 0 Å². The number of nitrogen functional groups attached to an aromatic ring is 1. The number of carbonyl (C=O) groups excluding carboxylic acids is 2. The number of ether oxygens (including phenoxy) is 1. The van der Waals surface area contributed by atoms with Crippen LogP contribution in [0.1, 0.15) is 31.1 Å². The summed E-state index contributed by atoms with van der Waals surface area (Å²) in [7, 11) is 0. The van der Waals surface area contributed by atoms with Crippen molar-refractivity contribution in [2.45, 2.75) is 26.3 Å². The SMILES string of the molecule is CCOC(=O)c1cc(N)cnc1N1CCNC(=O)C1(C)C. The van der Waals surface area contributed by atoms with Crippen LogP contribution < -0.4 is 16.0 Å². The quantitative estimate of drug-likeness (QED) is 0.790. The Kier molecular flexibility index (Phi) is 4.02. The van der Waals surface area contributed by atoms with Crippen molar-refractivity contribution < 1.29 is 14.3 Å². The molecule has 1 aromatic rings. The van der Waals surface area contributed by atoms with Gasteiger partial charge in [0.05, 0.1) is 18.5 Å². The van der Waals surface area contributed by atoms with E-state index in [4.69, 9.17) is 10.5 Å². The third kappa shape index (κ3) is 2.76. The Morgan fingerprint density at radius 2 is 2.29 bits per heavy atom. The number of nitrogens with zero attached hydrogens (tertiary/aromatic N) is 2. The topological polar surface area (TPSA) is 97.6 Å². The second-order valence-electron chi connectivity index (χ2n) is 5.33. The molecule has 1 aliphatic heterocycles. The fourth-order valence-electron chi connectivity index (χ4n) is 2.32. The zero-order chi connectivity index (χ0) is 15.6. The molecule has 114 valence electrons. The van der Waals surface area contributed by atoms with Gasteiger partial charge in [-0.3, -0.25) is 4.79 Å². The number of hydrogen-bond donors (Lipinski definition) is 2. The number of rotatable bonds is 3. The first-order chi connectivity index (χ1) is 9.87. The van der Waals surface area contributed by atoms with Gasteiger partial charge in [-0.1, -0.05) is 0 Å². The summed E-state index contributed by atoms with van der Waals surface area (Å²) in [4.78, 5) is 30.2. The van der Waals surface area contributed by atoms with Crippen molar-refractivity contribution >= 4 is 23.4 Å². The molecular formula is C14H20N4O3. The standard InChI is InChI=1S/C14H20N4O3/c1-4-21-12(19)10-7-9(15)8-17-11(10)18-6-5-16-13(20)14(18,2)3/h7-8H,4-6,15H2,1-3H3,(H,16,20). The van der Waals surface area contributed by atoms with E-state index in [0.717, 1.165) is 0 Å². The minimum atomic E-state index is -0.803. The zero-order valence-corrected chi connectivity index (χ0v) is 12.5. The zero-order valence-electron chi connectivity index (χ0n) is 12.5. The summed E-state index contributed by atoms with van der Waals surface area (Å²) in [6.07, 6.45) is 1.47. The molecule has 0 aromatic carbocycles. The lowest BCUT2D eigenvalue weighted by Crippen LogP contribution is -2.62. The van der Waals surface area contributed by atoms with Gasteiger partial charge in [-0.2, -0.15) is 0 Å². The average Bonchev–Trinajstić information content (AvgIpc) is 2.42. The lowest BCUT2D eigenvalue weighted by Gasteiger charge is -2.42. The second-order valence-corrected chi connectivity index (χ2v) is 5.33. The number of anilines is 2. The van der Waals surface area contributed by atoms with E-state index in [1.807, 2.05) is 0 Å². The van der Waals surface area contributed by atoms with Crippen LogP contribution in [0.25, 0.3) is 0 Å². The maximum atomic E-state index is 12.1. The molecule has 2 heterocycles. The molecule has 2 rings (SSSR count). The molecule has 0 spiro atoms. The summed E-state index contributed by atoms with van der Waals surface area (Å²) < 4.78 is 5.05. The highest BCUT2D eigenvalue weighted by Crippen LogP contribution is 2.29. The highest BCUT2D eigenvalue weighted by Gasteiger charge is 2.40. The van der Waals surface area contributed by atoms with E-state index < -0.39 is 11.5 Å². The maximum absolute atomic E-state index is 12.1. The predicted molar refractivity (Wildman–Crippen MR) is 79.0 cm³/mol. The van der Waals surface area contributed by atoms with Gasteiger partial charge in [0.15, 0.2) is 0 Å². The van der Waals surface area contributed by atoms with Crippen molar-refractivity contribution in [3.8, 4) is 0 Å². The minimum absolute atomic E-state index is 0.109. The number of pyridine rings is 1. The van der Waals surface area contributed by atoms with E-state index in [-0.39, 0.29) is 18.1 Å². The van der Waals surface area contributed by atoms with Crippen molar-refractivity contribution in [2.75, 3.05) is 30.3 Å². The van der Waals surface area contributed by atoms with Crippen LogP contribution >= 0.6 is 0 Å². The van der Waals surface area contributed by atoms with Crippen molar-refractivity contribution in [1.82, 2.24) is 10.3 Å². The van der Waals surface area contributed by atoms with Crippen LogP contribution in [0, 0.1) is 0 Å². The number of piperazine rings is 1. The van der Waals surface area contributed by atoms with E-state index in [0.29, 0.717) is 24.6 Å². The minimum Gasteiger partial charge on any atom is -0.462 e. The van der Waals surface area contributed by atoms with Crippen LogP contribution in [0.3, 0.4) is 0 Å². The Labute approximate surface area is 123 Å². The summed E-state index contributed by atoms with van der Waals surface area (Å²) >= 11 is 0. The summed E-state index contributed by atoms with van der Waals surface area (Å²) in [6, 6.07) is 1.53. The van der Waals surface area contributed by atoms with E-state index in [1.54, 1.807) is 25.7 Å². The number of carbonyl (C=O) groups is 2. The van der Waals surface area contributed by atoms with E-state index in [9.17, 15) is 9.59 Å². The lowest BCUT2D eigenvalue weighted by atomic mass is 9.98. The first-order valence-corrected chi connectivity index (χ1v) is 6.86. The monoisotopic (exact) mass is 292 g/mol. The lowest BCUT2D eigenvalue weighted by molar-refractivity contribution is -0.126. The van der Waals surface area contributed by atoms with Crippen LogP contribution in [-0.2, 0) is 9.53 Å². The van der Waals surface area contributed by atoms with E-state index >= 15 is 0 Å². The fourth-order valence-corrected chi connectivity index (χ4v) is 2.32. The molecule has 1 fully saturated rings. The number of amides is 1. The molecule has 21 heavy (non-hydrogen) atoms. The van der Waals surface area contributed by atoms with Crippen LogP contribution in [0.4, 0.5) is 11.5 Å². The van der Waals surface area contributed by atoms with Crippen molar-refractivity contribution in [3.05, 3.63) is 17.8 Å². The molecule has 3 N–H and O–H groups in total. The highest BCUT2D eigenvalue weighted by atomic mass is 16.5. The van der Waals surface area contributed by atoms with Crippen LogP contribution in [0.5, 0.6) is 0 Å². The van der Waals surface area contributed by atoms with Crippen molar-refractivity contribution in [2.24, 2.45) is 0 Å². The third-order valence-corrected chi connectivity index (χ3v) is 3.49. The first kappa shape index (κ1) is 15.1. The average molecular weight is 292 g/mol. The number of nitrogens with two attached hydrogens (primary N) is 1. The Bertz CT molecular complexity index is 571. The Hall–Kier alpha value is -2.31. The molecule has 0 bridgehead atoms. The number of nitrogens with one attached hydrogen (secondary N) is 1. The third-order valence-electron chi connectivity index (χ3n) is 3.49. The van der Waals surface area contributed by atoms with Gasteiger partial charge < -0.3 is 20.7 Å². The van der Waals surface area contributed by atoms with Gasteiger partial charge in [-0.25, -0.2) is 9.78 Å². The first-order valence-electron chi connectivity index (χ1n) is 6.86. The van der Waals surface area contributed by atoms with Crippen LogP contribution in [-0.4, -0.2) is 42.1 Å². The summed E-state index contributed by atoms with van der Waals surface area (Å²) in [6.45, 7) is 6.62. The number of esters is 1. The maximum Gasteiger partial charge on any atom is 0.341 e. The molecular weight excluding hydrogens is 272 g/mol. The molecule has 0 radical (unpaired) electrons. The molecule has 1 aromatic heterocycles. The normalized spacial score (nSPS) is 17.3. The summed E-state index contributed by atoms with van der Waals surface area (Å²) in [5, 5.41) is 2.81. The van der Waals surface area contributed by atoms with Crippen LogP contribution in [0.15, 0.2) is 12.3 Å². The Morgan fingerprint density at radius 1 is 1.57 bits per heavy atom. The molecule has 0 atom stereocenters. The Balaban J connectivity index is 2.47. The molecule has 7 heteroatoms. The predicted octanol–water partition coefficient (Wildman–Crippen LogP) is 0.555. The molecule has 1 saturated heterocycles. The summed E-state index contributed by atoms with van der Waals surface area (Å²) in [5.74, 6) is -0.182. The van der Waals surface area contributed by atoms with Gasteiger partial charge in [-0.05, 0) is 26.8 Å². The van der Waals surface area contributed by atoms with Gasteiger partial charge in [0.25, 0.3) is 0 Å². The molecule has 1 amide bonds. The van der Waals surface area contributed by atoms with E-state index in [2.05, 4.69) is 10.3 Å². The molecule has 0 aliphatic carbocycles. The molecule has 0 saturated carbocycles. The molecule has 1 aliphatic rings. The largest absolute Gasteiger partial charge is 0.462 e. The van der Waals surface area contributed by atoms with Gasteiger partial charge in [0.2, 0.25) is 5.91 Å². The summed E-state index contributed by atoms with van der Waals surface area (Å²) in [5.41, 5.74) is 5.57. The van der Waals surface area contributed by atoms with Crippen molar-refractivity contribution in [3.63, 3.8) is 0 Å². The fraction of sp³-hybridized carbons (Fsp3) is 0.500. The van der Waals surface area contributed by atoms with E-state index in [1.165, 1.54) is 12.3 Å². The smallest absolute Gasteiger partial charge is 0.341 e. The number of hydrogen-bond acceptors (Lipinski definition) is 6. The van der Waals surface area contributed by atoms with Crippen LogP contribution in [0.2, 0.25) is 0 Å².